The first-order valence-electron chi connectivity index (χ1n) is 3.68. The summed E-state index contributed by atoms with van der Waals surface area (Å²) in [6, 6.07) is 0. The van der Waals surface area contributed by atoms with E-state index in [0.29, 0.717) is 0 Å². The van der Waals surface area contributed by atoms with E-state index in [2.05, 4.69) is 0 Å². The first-order valence-corrected chi connectivity index (χ1v) is 5.60. The van der Waals surface area contributed by atoms with Crippen LogP contribution in [0.25, 0.3) is 0 Å². The molecule has 0 saturated carbocycles. The van der Waals surface area contributed by atoms with Gasteiger partial charge in [-0.2, -0.15) is 0 Å². The zero-order valence-corrected chi connectivity index (χ0v) is 8.89. The molecule has 1 unspecified atom stereocenters. The van der Waals surface area contributed by atoms with Crippen LogP contribution >= 0.6 is 12.4 Å². The van der Waals surface area contributed by atoms with E-state index in [1.165, 1.54) is 10.6 Å². The molecule has 0 amide bonds. The molecule has 1 rings (SSSR count). The number of nitrogens with zero attached hydrogens (tertiary/aromatic N) is 1. The molecule has 3 nitrogen and oxygen atoms in total. The normalized spacial score (nSPS) is 27.3. The van der Waals surface area contributed by atoms with Crippen LogP contribution < -0.4 is 0 Å². The third-order valence-corrected chi connectivity index (χ3v) is 3.30. The lowest BCUT2D eigenvalue weighted by Gasteiger charge is -2.31. The standard InChI is InChI=1S/C6H12F2N2OS.ClH/c1-12(9,11)10-4-2-6(7,8)3-5-10;/h9H,2-5H2,1H3;1H. The van der Waals surface area contributed by atoms with Gasteiger partial charge in [0.2, 0.25) is 0 Å². The van der Waals surface area contributed by atoms with Crippen LogP contribution in [-0.4, -0.2) is 33.8 Å². The summed E-state index contributed by atoms with van der Waals surface area (Å²) in [6.07, 6.45) is 0.698. The van der Waals surface area contributed by atoms with Gasteiger partial charge < -0.3 is 0 Å². The van der Waals surface area contributed by atoms with Gasteiger partial charge in [0.25, 0.3) is 5.92 Å². The molecule has 1 aliphatic heterocycles. The highest BCUT2D eigenvalue weighted by Gasteiger charge is 2.35. The summed E-state index contributed by atoms with van der Waals surface area (Å²) in [6.45, 7) is 0.123. The quantitative estimate of drug-likeness (QED) is 0.738. The Kier molecular flexibility index (Phi) is 4.08. The Balaban J connectivity index is 0.00000144. The predicted octanol–water partition coefficient (Wildman–Crippen LogP) is 1.73. The fourth-order valence-corrected chi connectivity index (χ4v) is 2.04. The molecule has 0 aromatic heterocycles. The van der Waals surface area contributed by atoms with Gasteiger partial charge >= 0.3 is 0 Å². The Morgan fingerprint density at radius 2 is 1.77 bits per heavy atom. The molecular formula is C6H13ClF2N2OS. The third kappa shape index (κ3) is 3.74. The van der Waals surface area contributed by atoms with Crippen LogP contribution in [0.3, 0.4) is 0 Å². The molecule has 0 aromatic rings. The van der Waals surface area contributed by atoms with Crippen molar-refractivity contribution in [1.82, 2.24) is 4.31 Å². The van der Waals surface area contributed by atoms with Crippen LogP contribution in [0.5, 0.6) is 0 Å². The van der Waals surface area contributed by atoms with Gasteiger partial charge in [-0.3, -0.25) is 0 Å². The fraction of sp³-hybridized carbons (Fsp3) is 1.00. The zero-order valence-electron chi connectivity index (χ0n) is 7.26. The molecule has 13 heavy (non-hydrogen) atoms. The molecule has 1 heterocycles. The van der Waals surface area contributed by atoms with Crippen LogP contribution in [0.1, 0.15) is 12.8 Å². The molecule has 1 atom stereocenters. The number of nitrogens with one attached hydrogen (secondary N) is 1. The van der Waals surface area contributed by atoms with Gasteiger partial charge in [-0.05, 0) is 0 Å². The maximum Gasteiger partial charge on any atom is 0.250 e. The molecular weight excluding hydrogens is 222 g/mol. The van der Waals surface area contributed by atoms with E-state index in [4.69, 9.17) is 4.78 Å². The second-order valence-electron chi connectivity index (χ2n) is 3.09. The summed E-state index contributed by atoms with van der Waals surface area (Å²) < 4.78 is 44.7. The summed E-state index contributed by atoms with van der Waals surface area (Å²) in [7, 11) is -2.78. The molecule has 1 N–H and O–H groups in total. The number of rotatable bonds is 1. The van der Waals surface area contributed by atoms with E-state index >= 15 is 0 Å². The number of hydrogen-bond donors (Lipinski definition) is 1. The number of hydrogen-bond acceptors (Lipinski definition) is 2. The highest BCUT2D eigenvalue weighted by molar-refractivity contribution is 7.89. The van der Waals surface area contributed by atoms with E-state index in [1.54, 1.807) is 0 Å². The van der Waals surface area contributed by atoms with Crippen molar-refractivity contribution in [3.8, 4) is 0 Å². The molecule has 0 aliphatic carbocycles. The number of alkyl halides is 2. The van der Waals surface area contributed by atoms with Crippen LogP contribution in [0, 0.1) is 4.78 Å². The average molecular weight is 235 g/mol. The van der Waals surface area contributed by atoms with Gasteiger partial charge in [-0.15, -0.1) is 12.4 Å². The SMILES string of the molecule is CS(=N)(=O)N1CCC(F)(F)CC1.Cl. The van der Waals surface area contributed by atoms with Crippen molar-refractivity contribution in [2.45, 2.75) is 18.8 Å². The van der Waals surface area contributed by atoms with E-state index < -0.39 is 15.8 Å². The summed E-state index contributed by atoms with van der Waals surface area (Å²) in [5.41, 5.74) is 0. The first kappa shape index (κ1) is 13.1. The molecule has 1 fully saturated rings. The topological polar surface area (TPSA) is 44.2 Å². The smallest absolute Gasteiger partial charge is 0.240 e. The zero-order chi connectivity index (χ0) is 9.41. The predicted molar refractivity (Wildman–Crippen MR) is 49.8 cm³/mol. The molecule has 7 heteroatoms. The minimum absolute atomic E-state index is 0. The highest BCUT2D eigenvalue weighted by atomic mass is 35.5. The van der Waals surface area contributed by atoms with E-state index in [-0.39, 0.29) is 38.3 Å². The van der Waals surface area contributed by atoms with Crippen molar-refractivity contribution in [3.05, 3.63) is 0 Å². The number of halogens is 3. The molecule has 1 aliphatic rings. The molecule has 0 bridgehead atoms. The van der Waals surface area contributed by atoms with Crippen molar-refractivity contribution in [1.29, 1.82) is 4.78 Å². The average Bonchev–Trinajstić information content (AvgIpc) is 1.83. The Hall–Kier alpha value is 0.0600. The summed E-state index contributed by atoms with van der Waals surface area (Å²) in [4.78, 5) is 0. The van der Waals surface area contributed by atoms with Crippen molar-refractivity contribution in [2.75, 3.05) is 19.3 Å². The maximum absolute atomic E-state index is 12.6. The van der Waals surface area contributed by atoms with E-state index in [0.717, 1.165) is 0 Å². The van der Waals surface area contributed by atoms with Gasteiger partial charge in [-0.1, -0.05) is 0 Å². The second-order valence-corrected chi connectivity index (χ2v) is 5.21. The van der Waals surface area contributed by atoms with Gasteiger partial charge in [0.05, 0.1) is 0 Å². The lowest BCUT2D eigenvalue weighted by Crippen LogP contribution is -2.41. The largest absolute Gasteiger partial charge is 0.250 e. The summed E-state index contributed by atoms with van der Waals surface area (Å²) >= 11 is 0. The second kappa shape index (κ2) is 4.06. The van der Waals surface area contributed by atoms with Crippen molar-refractivity contribution >= 4 is 22.3 Å². The summed E-state index contributed by atoms with van der Waals surface area (Å²) in [5.74, 6) is -2.62. The molecule has 0 radical (unpaired) electrons. The van der Waals surface area contributed by atoms with Gasteiger partial charge in [-0.25, -0.2) is 22.1 Å². The van der Waals surface area contributed by atoms with Crippen LogP contribution in [0.4, 0.5) is 8.78 Å². The minimum atomic E-state index is -2.78. The van der Waals surface area contributed by atoms with E-state index in [1.807, 2.05) is 0 Å². The van der Waals surface area contributed by atoms with Gasteiger partial charge in [0.1, 0.15) is 9.92 Å². The van der Waals surface area contributed by atoms with Crippen molar-refractivity contribution < 1.29 is 13.0 Å². The lowest BCUT2D eigenvalue weighted by atomic mass is 10.1. The van der Waals surface area contributed by atoms with E-state index in [9.17, 15) is 13.0 Å². The number of piperidine rings is 1. The van der Waals surface area contributed by atoms with Crippen LogP contribution in [-0.2, 0) is 9.92 Å². The lowest BCUT2D eigenvalue weighted by molar-refractivity contribution is -0.0407. The van der Waals surface area contributed by atoms with Gasteiger partial charge in [0.15, 0.2) is 0 Å². The summed E-state index contributed by atoms with van der Waals surface area (Å²) in [5, 5.41) is 0. The van der Waals surface area contributed by atoms with Crippen molar-refractivity contribution in [3.63, 3.8) is 0 Å². The fourth-order valence-electron chi connectivity index (χ4n) is 1.16. The maximum atomic E-state index is 12.6. The third-order valence-electron chi connectivity index (χ3n) is 1.95. The Labute approximate surface area is 83.0 Å². The van der Waals surface area contributed by atoms with Gasteiger partial charge in [0, 0.05) is 32.2 Å². The monoisotopic (exact) mass is 234 g/mol. The Bertz CT molecular complexity index is 258. The van der Waals surface area contributed by atoms with Crippen LogP contribution in [0.15, 0.2) is 0 Å². The first-order chi connectivity index (χ1) is 5.31. The Morgan fingerprint density at radius 3 is 2.08 bits per heavy atom. The molecule has 80 valence electrons. The molecule has 1 saturated heterocycles. The van der Waals surface area contributed by atoms with Crippen LogP contribution in [0.2, 0.25) is 0 Å². The highest BCUT2D eigenvalue weighted by Crippen LogP contribution is 2.28. The molecule has 0 spiro atoms. The Morgan fingerprint density at radius 1 is 1.38 bits per heavy atom. The minimum Gasteiger partial charge on any atom is -0.240 e. The van der Waals surface area contributed by atoms with Crippen molar-refractivity contribution in [2.24, 2.45) is 0 Å². The molecule has 0 aromatic carbocycles.